The van der Waals surface area contributed by atoms with Crippen LogP contribution in [0.2, 0.25) is 0 Å². The van der Waals surface area contributed by atoms with Gasteiger partial charge in [0.1, 0.15) is 0 Å². The molecule has 2 nitrogen and oxygen atoms in total. The van der Waals surface area contributed by atoms with Crippen LogP contribution >= 0.6 is 0 Å². The Hall–Kier alpha value is -0.570. The number of hydrogen-bond donors (Lipinski definition) is 0. The van der Waals surface area contributed by atoms with Crippen LogP contribution in [0.4, 0.5) is 0 Å². The third-order valence-corrected chi connectivity index (χ3v) is 3.06. The van der Waals surface area contributed by atoms with Gasteiger partial charge in [-0.1, -0.05) is 75.5 Å². The molecular formula is C18H29AgO2. The topological polar surface area (TPSA) is 40.1 Å². The predicted molar refractivity (Wildman–Crippen MR) is 84.3 cm³/mol. The molecule has 0 aliphatic heterocycles. The summed E-state index contributed by atoms with van der Waals surface area (Å²) < 4.78 is 0. The minimum absolute atomic E-state index is 0. The smallest absolute Gasteiger partial charge is 0.550 e. The van der Waals surface area contributed by atoms with E-state index in [0.717, 1.165) is 32.1 Å². The van der Waals surface area contributed by atoms with Gasteiger partial charge in [0.2, 0.25) is 0 Å². The molecule has 0 radical (unpaired) electrons. The first-order valence-corrected chi connectivity index (χ1v) is 7.95. The molecule has 0 amide bonds. The number of unbranched alkanes of at least 4 members (excludes halogenated alkanes) is 7. The molecule has 0 aliphatic rings. The second-order valence-corrected chi connectivity index (χ2v) is 5.06. The first-order chi connectivity index (χ1) is 9.77. The molecule has 0 saturated heterocycles. The van der Waals surface area contributed by atoms with Crippen LogP contribution in [0.25, 0.3) is 0 Å². The Morgan fingerprint density at radius 1 is 0.810 bits per heavy atom. The molecule has 0 fully saturated rings. The standard InChI is InChI=1S/C18H30O2.Ag/c1-2-3-4-5-6-7-8-9-10-11-12-13-14-15-16-17-18(19)20;/h4-9H,2-3,10-17H2,1H3,(H,19,20);/q;+1/p-1. The molecule has 0 aromatic carbocycles. The maximum absolute atomic E-state index is 10.2. The largest absolute Gasteiger partial charge is 1.00 e. The van der Waals surface area contributed by atoms with Gasteiger partial charge in [0.15, 0.2) is 0 Å². The molecule has 0 unspecified atom stereocenters. The van der Waals surface area contributed by atoms with Crippen LogP contribution < -0.4 is 5.11 Å². The summed E-state index contributed by atoms with van der Waals surface area (Å²) >= 11 is 0. The minimum Gasteiger partial charge on any atom is -0.550 e. The number of hydrogen-bond acceptors (Lipinski definition) is 2. The number of allylic oxidation sites excluding steroid dienone is 6. The molecule has 0 spiro atoms. The second-order valence-electron chi connectivity index (χ2n) is 5.06. The fourth-order valence-corrected chi connectivity index (χ4v) is 1.88. The van der Waals surface area contributed by atoms with Gasteiger partial charge in [-0.25, -0.2) is 0 Å². The zero-order valence-electron chi connectivity index (χ0n) is 13.2. The molecule has 21 heavy (non-hydrogen) atoms. The summed E-state index contributed by atoms with van der Waals surface area (Å²) in [6.45, 7) is 2.18. The monoisotopic (exact) mass is 384 g/mol. The van der Waals surface area contributed by atoms with Gasteiger partial charge in [0.05, 0.1) is 0 Å². The Labute approximate surface area is 145 Å². The van der Waals surface area contributed by atoms with Crippen molar-refractivity contribution in [1.82, 2.24) is 0 Å². The van der Waals surface area contributed by atoms with E-state index in [9.17, 15) is 9.90 Å². The summed E-state index contributed by atoms with van der Waals surface area (Å²) in [4.78, 5) is 10.2. The van der Waals surface area contributed by atoms with E-state index in [1.54, 1.807) is 0 Å². The van der Waals surface area contributed by atoms with Crippen LogP contribution in [0, 0.1) is 0 Å². The molecule has 0 aliphatic carbocycles. The molecule has 0 bridgehead atoms. The predicted octanol–water partition coefficient (Wildman–Crippen LogP) is 4.32. The van der Waals surface area contributed by atoms with Crippen LogP contribution in [-0.4, -0.2) is 5.97 Å². The van der Waals surface area contributed by atoms with Gasteiger partial charge in [0.25, 0.3) is 0 Å². The molecule has 3 heteroatoms. The van der Waals surface area contributed by atoms with Crippen LogP contribution in [-0.2, 0) is 27.2 Å². The Kier molecular flexibility index (Phi) is 21.0. The van der Waals surface area contributed by atoms with Crippen LogP contribution in [0.3, 0.4) is 0 Å². The number of carbonyl (C=O) groups is 1. The van der Waals surface area contributed by atoms with Crippen LogP contribution in [0.15, 0.2) is 36.5 Å². The van der Waals surface area contributed by atoms with Crippen molar-refractivity contribution in [2.75, 3.05) is 0 Å². The van der Waals surface area contributed by atoms with Gasteiger partial charge in [-0.3, -0.25) is 0 Å². The molecule has 0 saturated carbocycles. The summed E-state index contributed by atoms with van der Waals surface area (Å²) in [6.07, 6.45) is 23.0. The summed E-state index contributed by atoms with van der Waals surface area (Å²) in [7, 11) is 0. The van der Waals surface area contributed by atoms with E-state index in [0.29, 0.717) is 0 Å². The molecular weight excluding hydrogens is 356 g/mol. The van der Waals surface area contributed by atoms with Crippen molar-refractivity contribution in [3.63, 3.8) is 0 Å². The summed E-state index contributed by atoms with van der Waals surface area (Å²) in [5, 5.41) is 10.2. The first kappa shape index (κ1) is 22.7. The number of carbonyl (C=O) groups excluding carboxylic acids is 1. The molecule has 0 atom stereocenters. The van der Waals surface area contributed by atoms with Gasteiger partial charge < -0.3 is 9.90 Å². The number of rotatable bonds is 13. The van der Waals surface area contributed by atoms with Crippen LogP contribution in [0.5, 0.6) is 0 Å². The maximum Gasteiger partial charge on any atom is 1.00 e. The molecule has 0 rings (SSSR count). The molecule has 0 heterocycles. The van der Waals surface area contributed by atoms with Crippen molar-refractivity contribution in [1.29, 1.82) is 0 Å². The fourth-order valence-electron chi connectivity index (χ4n) is 1.88. The third-order valence-electron chi connectivity index (χ3n) is 3.06. The average Bonchev–Trinajstić information content (AvgIpc) is 2.43. The summed E-state index contributed by atoms with van der Waals surface area (Å²) in [5.74, 6) is -0.923. The summed E-state index contributed by atoms with van der Waals surface area (Å²) in [6, 6.07) is 0. The van der Waals surface area contributed by atoms with Gasteiger partial charge in [-0.05, 0) is 32.1 Å². The van der Waals surface area contributed by atoms with Gasteiger partial charge >= 0.3 is 22.4 Å². The number of carboxylic acid groups (broad SMARTS) is 1. The van der Waals surface area contributed by atoms with E-state index in [4.69, 9.17) is 0 Å². The quantitative estimate of drug-likeness (QED) is 0.269. The number of carboxylic acids is 1. The maximum atomic E-state index is 10.2. The summed E-state index contributed by atoms with van der Waals surface area (Å²) in [5.41, 5.74) is 0. The molecule has 0 aromatic heterocycles. The van der Waals surface area contributed by atoms with Crippen molar-refractivity contribution >= 4 is 5.97 Å². The van der Waals surface area contributed by atoms with Crippen molar-refractivity contribution in [2.24, 2.45) is 0 Å². The zero-order chi connectivity index (χ0) is 14.9. The fraction of sp³-hybridized carbons (Fsp3) is 0.611. The Bertz CT molecular complexity index is 306. The van der Waals surface area contributed by atoms with Crippen molar-refractivity contribution < 1.29 is 32.3 Å². The van der Waals surface area contributed by atoms with Gasteiger partial charge in [0, 0.05) is 5.97 Å². The Morgan fingerprint density at radius 2 is 1.33 bits per heavy atom. The van der Waals surface area contributed by atoms with Crippen molar-refractivity contribution in [3.8, 4) is 0 Å². The molecule has 0 N–H and O–H groups in total. The van der Waals surface area contributed by atoms with E-state index in [2.05, 4.69) is 43.4 Å². The van der Waals surface area contributed by atoms with Crippen LogP contribution in [0.1, 0.15) is 71.1 Å². The van der Waals surface area contributed by atoms with Gasteiger partial charge in [-0.15, -0.1) is 0 Å². The van der Waals surface area contributed by atoms with E-state index in [1.807, 2.05) is 0 Å². The Morgan fingerprint density at radius 3 is 1.90 bits per heavy atom. The molecule has 124 valence electrons. The zero-order valence-corrected chi connectivity index (χ0v) is 14.6. The SMILES string of the molecule is CCCC=CC=CC=CCCCCCCCCC(=O)[O-].[Ag+]. The van der Waals surface area contributed by atoms with Crippen molar-refractivity contribution in [2.45, 2.75) is 71.1 Å². The second kappa shape index (κ2) is 19.4. The number of aliphatic carboxylic acids is 1. The van der Waals surface area contributed by atoms with E-state index >= 15 is 0 Å². The molecule has 0 aromatic rings. The van der Waals surface area contributed by atoms with E-state index in [-0.39, 0.29) is 28.8 Å². The van der Waals surface area contributed by atoms with Crippen molar-refractivity contribution in [3.05, 3.63) is 36.5 Å². The van der Waals surface area contributed by atoms with E-state index in [1.165, 1.54) is 25.7 Å². The first-order valence-electron chi connectivity index (χ1n) is 7.95. The Balaban J connectivity index is 0. The average molecular weight is 385 g/mol. The third kappa shape index (κ3) is 21.9. The normalized spacial score (nSPS) is 11.5. The van der Waals surface area contributed by atoms with Gasteiger partial charge in [-0.2, -0.15) is 0 Å². The van der Waals surface area contributed by atoms with E-state index < -0.39 is 5.97 Å². The minimum atomic E-state index is -0.923.